The molecule has 0 aromatic heterocycles. The number of hydrogen-bond acceptors (Lipinski definition) is 5. The Bertz CT molecular complexity index is 717. The second-order valence-electron chi connectivity index (χ2n) is 6.37. The van der Waals surface area contributed by atoms with Gasteiger partial charge in [0.25, 0.3) is 5.91 Å². The molecule has 0 bridgehead atoms. The number of aliphatic hydroxyl groups is 2. The largest absolute Gasteiger partial charge is 0.394 e. The molecule has 3 rings (SSSR count). The molecule has 26 heavy (non-hydrogen) atoms. The van der Waals surface area contributed by atoms with Crippen molar-refractivity contribution in [2.24, 2.45) is 0 Å². The summed E-state index contributed by atoms with van der Waals surface area (Å²) in [6, 6.07) is 15.7. The van der Waals surface area contributed by atoms with Crippen LogP contribution in [0.2, 0.25) is 0 Å². The molecule has 2 aromatic carbocycles. The Morgan fingerprint density at radius 2 is 1.73 bits per heavy atom. The Labute approximate surface area is 153 Å². The summed E-state index contributed by atoms with van der Waals surface area (Å²) in [7, 11) is 0. The lowest BCUT2D eigenvalue weighted by atomic mass is 10.0. The molecule has 1 fully saturated rings. The highest BCUT2D eigenvalue weighted by Gasteiger charge is 2.25. The van der Waals surface area contributed by atoms with E-state index in [1.807, 2.05) is 36.4 Å². The summed E-state index contributed by atoms with van der Waals surface area (Å²) in [5, 5.41) is 26.3. The highest BCUT2D eigenvalue weighted by atomic mass is 16.3. The first kappa shape index (κ1) is 18.4. The van der Waals surface area contributed by atoms with Gasteiger partial charge >= 0.3 is 0 Å². The second-order valence-corrected chi connectivity index (χ2v) is 6.37. The normalized spacial score (nSPS) is 16.8. The Morgan fingerprint density at radius 3 is 2.42 bits per heavy atom. The fourth-order valence-corrected chi connectivity index (χ4v) is 3.20. The summed E-state index contributed by atoms with van der Waals surface area (Å²) in [6.07, 6.45) is -0.975. The fourth-order valence-electron chi connectivity index (χ4n) is 3.20. The minimum atomic E-state index is -0.975. The van der Waals surface area contributed by atoms with Crippen LogP contribution in [-0.2, 0) is 0 Å². The van der Waals surface area contributed by atoms with E-state index in [1.54, 1.807) is 18.2 Å². The number of hydrogen-bond donors (Lipinski definition) is 4. The molecule has 2 aromatic rings. The van der Waals surface area contributed by atoms with Gasteiger partial charge in [-0.3, -0.25) is 4.79 Å². The number of benzene rings is 2. The van der Waals surface area contributed by atoms with Gasteiger partial charge in [-0.25, -0.2) is 0 Å². The van der Waals surface area contributed by atoms with Crippen LogP contribution in [0, 0.1) is 0 Å². The Morgan fingerprint density at radius 1 is 1.08 bits per heavy atom. The van der Waals surface area contributed by atoms with Gasteiger partial charge in [-0.15, -0.1) is 0 Å². The number of carbonyl (C=O) groups is 1. The third-order valence-corrected chi connectivity index (χ3v) is 4.64. The number of piperazine rings is 1. The van der Waals surface area contributed by atoms with Gasteiger partial charge in [0.1, 0.15) is 6.10 Å². The van der Waals surface area contributed by atoms with Crippen molar-refractivity contribution >= 4 is 11.6 Å². The van der Waals surface area contributed by atoms with Crippen molar-refractivity contribution < 1.29 is 15.0 Å². The van der Waals surface area contributed by atoms with Crippen molar-refractivity contribution in [1.82, 2.24) is 10.6 Å². The predicted octanol–water partition coefficient (Wildman–Crippen LogP) is 0.920. The Kier molecular flexibility index (Phi) is 6.22. The summed E-state index contributed by atoms with van der Waals surface area (Å²) in [4.78, 5) is 15.0. The third-order valence-electron chi connectivity index (χ3n) is 4.64. The molecule has 6 heteroatoms. The second kappa shape index (κ2) is 8.80. The van der Waals surface area contributed by atoms with Gasteiger partial charge in [0.2, 0.25) is 0 Å². The molecule has 1 amide bonds. The van der Waals surface area contributed by atoms with E-state index in [1.165, 1.54) is 0 Å². The minimum absolute atomic E-state index is 0.298. The maximum absolute atomic E-state index is 12.8. The number of nitrogens with zero attached hydrogens (tertiary/aromatic N) is 1. The number of aliphatic hydroxyl groups excluding tert-OH is 2. The van der Waals surface area contributed by atoms with E-state index >= 15 is 0 Å². The first-order valence-electron chi connectivity index (χ1n) is 8.90. The molecular formula is C20H25N3O3. The average molecular weight is 355 g/mol. The lowest BCUT2D eigenvalue weighted by Crippen LogP contribution is -2.45. The van der Waals surface area contributed by atoms with Gasteiger partial charge in [-0.2, -0.15) is 0 Å². The number of amides is 1. The summed E-state index contributed by atoms with van der Waals surface area (Å²) < 4.78 is 0. The highest BCUT2D eigenvalue weighted by molar-refractivity contribution is 6.00. The highest BCUT2D eigenvalue weighted by Crippen LogP contribution is 2.22. The van der Waals surface area contributed by atoms with Crippen LogP contribution >= 0.6 is 0 Å². The van der Waals surface area contributed by atoms with E-state index < -0.39 is 12.1 Å². The number of rotatable bonds is 6. The number of anilines is 1. The van der Waals surface area contributed by atoms with E-state index in [4.69, 9.17) is 0 Å². The van der Waals surface area contributed by atoms with E-state index in [2.05, 4.69) is 15.5 Å². The zero-order valence-corrected chi connectivity index (χ0v) is 14.6. The first-order chi connectivity index (χ1) is 12.7. The summed E-state index contributed by atoms with van der Waals surface area (Å²) in [5.41, 5.74) is 2.08. The molecule has 6 nitrogen and oxygen atoms in total. The van der Waals surface area contributed by atoms with Crippen LogP contribution in [0.5, 0.6) is 0 Å². The van der Waals surface area contributed by atoms with Crippen molar-refractivity contribution in [2.75, 3.05) is 37.7 Å². The van der Waals surface area contributed by atoms with Crippen molar-refractivity contribution in [3.05, 3.63) is 65.7 Å². The minimum Gasteiger partial charge on any atom is -0.394 e. The maximum atomic E-state index is 12.8. The van der Waals surface area contributed by atoms with Crippen LogP contribution in [-0.4, -0.2) is 54.9 Å². The maximum Gasteiger partial charge on any atom is 0.253 e. The van der Waals surface area contributed by atoms with Gasteiger partial charge in [0.15, 0.2) is 0 Å². The van der Waals surface area contributed by atoms with Crippen molar-refractivity contribution in [3.63, 3.8) is 0 Å². The zero-order chi connectivity index (χ0) is 18.4. The van der Waals surface area contributed by atoms with E-state index in [0.717, 1.165) is 31.9 Å². The molecule has 1 heterocycles. The van der Waals surface area contributed by atoms with Crippen molar-refractivity contribution in [1.29, 1.82) is 0 Å². The first-order valence-corrected chi connectivity index (χ1v) is 8.90. The smallest absolute Gasteiger partial charge is 0.253 e. The fraction of sp³-hybridized carbons (Fsp3) is 0.350. The molecule has 2 atom stereocenters. The molecule has 0 saturated carbocycles. The molecule has 1 saturated heterocycles. The van der Waals surface area contributed by atoms with Gasteiger partial charge in [-0.1, -0.05) is 42.5 Å². The van der Waals surface area contributed by atoms with Crippen molar-refractivity contribution in [2.45, 2.75) is 12.1 Å². The number of para-hydroxylation sites is 1. The summed E-state index contributed by atoms with van der Waals surface area (Å²) in [5.74, 6) is -0.298. The van der Waals surface area contributed by atoms with Crippen LogP contribution in [0.25, 0.3) is 0 Å². The topological polar surface area (TPSA) is 84.8 Å². The lowest BCUT2D eigenvalue weighted by molar-refractivity contribution is 0.0703. The monoisotopic (exact) mass is 355 g/mol. The molecule has 0 radical (unpaired) electrons. The lowest BCUT2D eigenvalue weighted by Gasteiger charge is -2.31. The quantitative estimate of drug-likeness (QED) is 0.619. The SMILES string of the molecule is O=C(NC(CO)C(O)c1ccccc1)c1ccccc1N1CCNCC1. The Balaban J connectivity index is 1.76. The Hall–Kier alpha value is -2.41. The van der Waals surface area contributed by atoms with Crippen LogP contribution < -0.4 is 15.5 Å². The standard InChI is InChI=1S/C20H25N3O3/c24-14-17(19(25)15-6-2-1-3-7-15)22-20(26)16-8-4-5-9-18(16)23-12-10-21-11-13-23/h1-9,17,19,21,24-25H,10-14H2,(H,22,26). The average Bonchev–Trinajstić information content (AvgIpc) is 2.72. The molecule has 1 aliphatic rings. The van der Waals surface area contributed by atoms with Gasteiger partial charge < -0.3 is 25.7 Å². The van der Waals surface area contributed by atoms with Gasteiger partial charge in [-0.05, 0) is 17.7 Å². The summed E-state index contributed by atoms with van der Waals surface area (Å²) in [6.45, 7) is 3.07. The molecule has 0 spiro atoms. The molecule has 138 valence electrons. The zero-order valence-electron chi connectivity index (χ0n) is 14.6. The molecule has 2 unspecified atom stereocenters. The van der Waals surface area contributed by atoms with Gasteiger partial charge in [0, 0.05) is 31.9 Å². The van der Waals surface area contributed by atoms with E-state index in [9.17, 15) is 15.0 Å². The number of carbonyl (C=O) groups excluding carboxylic acids is 1. The predicted molar refractivity (Wildman–Crippen MR) is 101 cm³/mol. The third kappa shape index (κ3) is 4.22. The van der Waals surface area contributed by atoms with Crippen LogP contribution in [0.3, 0.4) is 0 Å². The molecule has 0 aliphatic carbocycles. The van der Waals surface area contributed by atoms with E-state index in [0.29, 0.717) is 11.1 Å². The van der Waals surface area contributed by atoms with Gasteiger partial charge in [0.05, 0.1) is 18.2 Å². The number of nitrogens with one attached hydrogen (secondary N) is 2. The summed E-state index contributed by atoms with van der Waals surface area (Å²) >= 11 is 0. The molecular weight excluding hydrogens is 330 g/mol. The van der Waals surface area contributed by atoms with Crippen LogP contribution in [0.4, 0.5) is 5.69 Å². The van der Waals surface area contributed by atoms with E-state index in [-0.39, 0.29) is 12.5 Å². The van der Waals surface area contributed by atoms with Crippen LogP contribution in [0.15, 0.2) is 54.6 Å². The molecule has 1 aliphatic heterocycles. The molecule has 4 N–H and O–H groups in total. The van der Waals surface area contributed by atoms with Crippen LogP contribution in [0.1, 0.15) is 22.0 Å². The van der Waals surface area contributed by atoms with Crippen molar-refractivity contribution in [3.8, 4) is 0 Å².